The molecule has 0 saturated carbocycles. The first-order chi connectivity index (χ1) is 48.5. The van der Waals surface area contributed by atoms with Crippen LogP contribution in [0.5, 0.6) is 0 Å². The van der Waals surface area contributed by atoms with Crippen LogP contribution in [0, 0.1) is 5.92 Å². The van der Waals surface area contributed by atoms with Crippen LogP contribution >= 0.6 is 15.6 Å². The summed E-state index contributed by atoms with van der Waals surface area (Å²) >= 11 is 0. The molecular formula is C81H158O17P2. The Morgan fingerprint density at radius 1 is 0.270 bits per heavy atom. The van der Waals surface area contributed by atoms with Gasteiger partial charge in [-0.15, -0.1) is 0 Å². The molecule has 0 bridgehead atoms. The van der Waals surface area contributed by atoms with E-state index >= 15 is 0 Å². The van der Waals surface area contributed by atoms with E-state index in [2.05, 4.69) is 34.6 Å². The fraction of sp³-hybridized carbons (Fsp3) is 0.951. The van der Waals surface area contributed by atoms with E-state index < -0.39 is 97.5 Å². The lowest BCUT2D eigenvalue weighted by Gasteiger charge is -2.21. The van der Waals surface area contributed by atoms with Crippen molar-refractivity contribution in [1.82, 2.24) is 0 Å². The van der Waals surface area contributed by atoms with Crippen molar-refractivity contribution in [2.24, 2.45) is 5.92 Å². The minimum atomic E-state index is -4.96. The second-order valence-electron chi connectivity index (χ2n) is 29.6. The van der Waals surface area contributed by atoms with Gasteiger partial charge in [-0.3, -0.25) is 37.3 Å². The van der Waals surface area contributed by atoms with E-state index in [0.29, 0.717) is 31.6 Å². The number of hydrogen-bond acceptors (Lipinski definition) is 15. The lowest BCUT2D eigenvalue weighted by atomic mass is 10.0. The van der Waals surface area contributed by atoms with Crippen LogP contribution < -0.4 is 0 Å². The fourth-order valence-electron chi connectivity index (χ4n) is 12.6. The number of phosphoric ester groups is 2. The maximum atomic E-state index is 13.1. The molecule has 0 radical (unpaired) electrons. The van der Waals surface area contributed by atoms with Gasteiger partial charge >= 0.3 is 39.5 Å². The first-order valence-electron chi connectivity index (χ1n) is 42.1. The average Bonchev–Trinajstić information content (AvgIpc) is 0.913. The standard InChI is InChI=1S/C81H158O17P2/c1-6-9-12-15-18-21-24-27-29-31-33-35-37-40-43-46-51-57-62-67-81(86)97-76(70-91-78(83)64-59-54-49-44-41-39-36-34-32-30-28-25-22-19-16-13-10-7-2)72-95-99(87,88)93-68-75(82)69-94-100(89,90)96-73-77(71-92-79(84)65-60-55-52-47-48-53-58-63-74(4)5)98-80(85)66-61-56-50-45-42-38-26-23-20-17-14-11-8-3/h74-77,82H,6-73H2,1-5H3,(H,87,88)(H,89,90)/t75-,76-,77-/m1/s1. The largest absolute Gasteiger partial charge is 0.472 e. The fourth-order valence-corrected chi connectivity index (χ4v) is 14.2. The molecule has 0 spiro atoms. The van der Waals surface area contributed by atoms with E-state index in [1.54, 1.807) is 0 Å². The predicted molar refractivity (Wildman–Crippen MR) is 409 cm³/mol. The minimum absolute atomic E-state index is 0.107. The normalized spacial score (nSPS) is 13.8. The van der Waals surface area contributed by atoms with Gasteiger partial charge in [0.25, 0.3) is 0 Å². The molecule has 0 aromatic rings. The summed E-state index contributed by atoms with van der Waals surface area (Å²) in [5, 5.41) is 10.6. The van der Waals surface area contributed by atoms with Crippen LogP contribution in [0.25, 0.3) is 0 Å². The van der Waals surface area contributed by atoms with Gasteiger partial charge in [-0.2, -0.15) is 0 Å². The number of hydrogen-bond donors (Lipinski definition) is 3. The Bertz CT molecular complexity index is 1910. The molecule has 5 atom stereocenters. The summed E-state index contributed by atoms with van der Waals surface area (Å²) in [5.74, 6) is -1.40. The van der Waals surface area contributed by atoms with E-state index in [1.165, 1.54) is 250 Å². The Morgan fingerprint density at radius 3 is 0.680 bits per heavy atom. The van der Waals surface area contributed by atoms with Crippen LogP contribution in [-0.2, 0) is 65.4 Å². The third-order valence-electron chi connectivity index (χ3n) is 19.0. The number of ether oxygens (including phenoxy) is 4. The number of esters is 4. The van der Waals surface area contributed by atoms with Crippen molar-refractivity contribution in [2.75, 3.05) is 39.6 Å². The molecule has 0 fully saturated rings. The molecule has 0 aromatic heterocycles. The van der Waals surface area contributed by atoms with Crippen molar-refractivity contribution < 1.29 is 80.2 Å². The lowest BCUT2D eigenvalue weighted by Crippen LogP contribution is -2.30. The lowest BCUT2D eigenvalue weighted by molar-refractivity contribution is -0.161. The summed E-state index contributed by atoms with van der Waals surface area (Å²) in [6.07, 6.45) is 65.3. The van der Waals surface area contributed by atoms with E-state index in [-0.39, 0.29) is 25.7 Å². The SMILES string of the molecule is CCCCCCCCCCCCCCCCCCCCCC(=O)O[C@H](COC(=O)CCCCCCCCCCCCCCCCCCCC)COP(=O)(O)OC[C@@H](O)COP(=O)(O)OC[C@@H](COC(=O)CCCCCCCCCC(C)C)OC(=O)CCCCCCCCCCCCCCC. The highest BCUT2D eigenvalue weighted by Crippen LogP contribution is 2.45. The van der Waals surface area contributed by atoms with Crippen molar-refractivity contribution in [1.29, 1.82) is 0 Å². The van der Waals surface area contributed by atoms with Crippen LogP contribution in [0.1, 0.15) is 433 Å². The predicted octanol–water partition coefficient (Wildman–Crippen LogP) is 24.4. The molecule has 17 nitrogen and oxygen atoms in total. The molecule has 0 saturated heterocycles. The van der Waals surface area contributed by atoms with E-state index in [1.807, 2.05) is 0 Å². The van der Waals surface area contributed by atoms with Crippen molar-refractivity contribution in [3.05, 3.63) is 0 Å². The molecule has 0 aliphatic carbocycles. The smallest absolute Gasteiger partial charge is 0.462 e. The second-order valence-corrected chi connectivity index (χ2v) is 32.5. The molecule has 0 aromatic carbocycles. The molecule has 0 heterocycles. The summed E-state index contributed by atoms with van der Waals surface area (Å²) in [7, 11) is -9.92. The monoisotopic (exact) mass is 1470 g/mol. The second kappa shape index (κ2) is 73.9. The zero-order valence-electron chi connectivity index (χ0n) is 65.3. The molecule has 0 aliphatic heterocycles. The van der Waals surface area contributed by atoms with Crippen LogP contribution in [-0.4, -0.2) is 96.7 Å². The topological polar surface area (TPSA) is 237 Å². The Morgan fingerprint density at radius 2 is 0.460 bits per heavy atom. The summed E-state index contributed by atoms with van der Waals surface area (Å²) in [6.45, 7) is 7.28. The Kier molecular flexibility index (Phi) is 72.5. The Labute approximate surface area is 613 Å². The molecule has 19 heteroatoms. The van der Waals surface area contributed by atoms with Crippen LogP contribution in [0.2, 0.25) is 0 Å². The number of carbonyl (C=O) groups excluding carboxylic acids is 4. The number of aliphatic hydroxyl groups is 1. The summed E-state index contributed by atoms with van der Waals surface area (Å²) in [4.78, 5) is 73.0. The van der Waals surface area contributed by atoms with E-state index in [0.717, 1.165) is 96.3 Å². The molecule has 594 valence electrons. The molecule has 0 amide bonds. The maximum Gasteiger partial charge on any atom is 0.472 e. The van der Waals surface area contributed by atoms with Gasteiger partial charge in [0.15, 0.2) is 12.2 Å². The highest BCUT2D eigenvalue weighted by atomic mass is 31.2. The highest BCUT2D eigenvalue weighted by molar-refractivity contribution is 7.47. The number of unbranched alkanes of at least 4 members (excludes halogenated alkanes) is 53. The number of aliphatic hydroxyl groups excluding tert-OH is 1. The van der Waals surface area contributed by atoms with Gasteiger partial charge in [-0.05, 0) is 31.6 Å². The van der Waals surface area contributed by atoms with Crippen LogP contribution in [0.4, 0.5) is 0 Å². The van der Waals surface area contributed by atoms with Crippen LogP contribution in [0.3, 0.4) is 0 Å². The summed E-state index contributed by atoms with van der Waals surface area (Å²) in [6, 6.07) is 0. The summed E-state index contributed by atoms with van der Waals surface area (Å²) in [5.41, 5.74) is 0. The molecule has 0 aliphatic rings. The minimum Gasteiger partial charge on any atom is -0.462 e. The Balaban J connectivity index is 5.22. The zero-order chi connectivity index (χ0) is 73.4. The van der Waals surface area contributed by atoms with Gasteiger partial charge in [-0.1, -0.05) is 381 Å². The van der Waals surface area contributed by atoms with Gasteiger partial charge in [0.2, 0.25) is 0 Å². The molecule has 0 rings (SSSR count). The quantitative estimate of drug-likeness (QED) is 0.0222. The molecule has 2 unspecified atom stereocenters. The van der Waals surface area contributed by atoms with E-state index in [4.69, 9.17) is 37.0 Å². The third kappa shape index (κ3) is 74.3. The number of rotatable bonds is 81. The molecule has 100 heavy (non-hydrogen) atoms. The first-order valence-corrected chi connectivity index (χ1v) is 45.1. The first kappa shape index (κ1) is 98.1. The van der Waals surface area contributed by atoms with Crippen LogP contribution in [0.15, 0.2) is 0 Å². The highest BCUT2D eigenvalue weighted by Gasteiger charge is 2.30. The van der Waals surface area contributed by atoms with Gasteiger partial charge in [0.1, 0.15) is 19.3 Å². The number of carbonyl (C=O) groups is 4. The van der Waals surface area contributed by atoms with Gasteiger partial charge in [0.05, 0.1) is 26.4 Å². The van der Waals surface area contributed by atoms with Gasteiger partial charge < -0.3 is 33.8 Å². The van der Waals surface area contributed by atoms with Crippen molar-refractivity contribution in [3.63, 3.8) is 0 Å². The zero-order valence-corrected chi connectivity index (χ0v) is 67.1. The van der Waals surface area contributed by atoms with Gasteiger partial charge in [0, 0.05) is 25.7 Å². The van der Waals surface area contributed by atoms with E-state index in [9.17, 15) is 43.2 Å². The average molecular weight is 1470 g/mol. The van der Waals surface area contributed by atoms with Crippen molar-refractivity contribution >= 4 is 39.5 Å². The van der Waals surface area contributed by atoms with Crippen molar-refractivity contribution in [3.8, 4) is 0 Å². The molecular weight excluding hydrogens is 1310 g/mol. The number of phosphoric acid groups is 2. The summed E-state index contributed by atoms with van der Waals surface area (Å²) < 4.78 is 68.7. The van der Waals surface area contributed by atoms with Gasteiger partial charge in [-0.25, -0.2) is 9.13 Å². The maximum absolute atomic E-state index is 13.1. The third-order valence-corrected chi connectivity index (χ3v) is 20.9. The molecule has 3 N–H and O–H groups in total. The van der Waals surface area contributed by atoms with Crippen molar-refractivity contribution in [2.45, 2.75) is 451 Å². The Hall–Kier alpha value is -1.94.